The highest BCUT2D eigenvalue weighted by Crippen LogP contribution is 2.33. The van der Waals surface area contributed by atoms with E-state index in [-0.39, 0.29) is 11.5 Å². The number of nitriles is 1. The molecule has 0 radical (unpaired) electrons. The smallest absolute Gasteiger partial charge is 0.266 e. The second kappa shape index (κ2) is 11.3. The zero-order valence-electron chi connectivity index (χ0n) is 17.3. The zero-order chi connectivity index (χ0) is 21.9. The Hall–Kier alpha value is -3.79. The third-order valence-electron chi connectivity index (χ3n) is 3.89. The monoisotopic (exact) mass is 407 g/mol. The molecule has 0 aliphatic heterocycles. The van der Waals surface area contributed by atoms with Crippen LogP contribution in [0.15, 0.2) is 48.0 Å². The van der Waals surface area contributed by atoms with Crippen molar-refractivity contribution in [2.45, 2.75) is 27.2 Å². The average molecular weight is 407 g/mol. The summed E-state index contributed by atoms with van der Waals surface area (Å²) in [4.78, 5) is 23.7. The summed E-state index contributed by atoms with van der Waals surface area (Å²) in [6, 6.07) is 13.9. The van der Waals surface area contributed by atoms with Crippen molar-refractivity contribution in [2.24, 2.45) is 0 Å². The summed E-state index contributed by atoms with van der Waals surface area (Å²) in [6.07, 6.45) is 2.29. The molecule has 2 aromatic rings. The lowest BCUT2D eigenvalue weighted by atomic mass is 10.1. The van der Waals surface area contributed by atoms with E-state index >= 15 is 0 Å². The fourth-order valence-electron chi connectivity index (χ4n) is 2.62. The van der Waals surface area contributed by atoms with Gasteiger partial charge in [-0.1, -0.05) is 19.1 Å². The number of ether oxygens (including phenoxy) is 2. The molecule has 0 unspecified atom stereocenters. The van der Waals surface area contributed by atoms with Crippen LogP contribution in [-0.2, 0) is 9.59 Å². The normalized spacial score (nSPS) is 10.7. The van der Waals surface area contributed by atoms with Gasteiger partial charge in [0.2, 0.25) is 5.91 Å². The maximum Gasteiger partial charge on any atom is 0.266 e. The summed E-state index contributed by atoms with van der Waals surface area (Å²) in [5.41, 5.74) is 1.63. The first-order valence-corrected chi connectivity index (χ1v) is 9.67. The lowest BCUT2D eigenvalue weighted by molar-refractivity contribution is -0.114. The lowest BCUT2D eigenvalue weighted by Gasteiger charge is -2.14. The Kier molecular flexibility index (Phi) is 8.45. The predicted octanol–water partition coefficient (Wildman–Crippen LogP) is 4.38. The van der Waals surface area contributed by atoms with E-state index in [1.165, 1.54) is 13.0 Å². The van der Waals surface area contributed by atoms with Gasteiger partial charge < -0.3 is 20.1 Å². The number of anilines is 2. The molecule has 2 rings (SSSR count). The highest BCUT2D eigenvalue weighted by molar-refractivity contribution is 6.10. The fraction of sp³-hybridized carbons (Fsp3) is 0.261. The summed E-state index contributed by atoms with van der Waals surface area (Å²) in [7, 11) is 0. The van der Waals surface area contributed by atoms with E-state index in [9.17, 15) is 14.9 Å². The van der Waals surface area contributed by atoms with Crippen LogP contribution in [-0.4, -0.2) is 25.0 Å². The third kappa shape index (κ3) is 6.38. The van der Waals surface area contributed by atoms with Crippen LogP contribution < -0.4 is 20.1 Å². The minimum atomic E-state index is -0.548. The minimum Gasteiger partial charge on any atom is -0.490 e. The lowest BCUT2D eigenvalue weighted by Crippen LogP contribution is -2.13. The van der Waals surface area contributed by atoms with E-state index in [0.717, 1.165) is 6.42 Å². The summed E-state index contributed by atoms with van der Waals surface area (Å²) in [5, 5.41) is 14.9. The molecule has 0 atom stereocenters. The SMILES string of the molecule is CCCOc1c(/C=C(\C#N)C(=O)Nc2ccc(NC(C)=O)cc2)cccc1OCC. The highest BCUT2D eigenvalue weighted by atomic mass is 16.5. The average Bonchev–Trinajstić information content (AvgIpc) is 2.72. The number of rotatable bonds is 9. The molecule has 0 aromatic heterocycles. The van der Waals surface area contributed by atoms with E-state index < -0.39 is 5.91 Å². The van der Waals surface area contributed by atoms with Crippen LogP contribution in [0.1, 0.15) is 32.8 Å². The van der Waals surface area contributed by atoms with Gasteiger partial charge in [0.1, 0.15) is 11.6 Å². The van der Waals surface area contributed by atoms with Crippen LogP contribution >= 0.6 is 0 Å². The predicted molar refractivity (Wildman–Crippen MR) is 116 cm³/mol. The number of nitrogens with one attached hydrogen (secondary N) is 2. The first kappa shape index (κ1) is 22.5. The number of hydrogen-bond acceptors (Lipinski definition) is 5. The molecule has 2 N–H and O–H groups in total. The summed E-state index contributed by atoms with van der Waals surface area (Å²) < 4.78 is 11.4. The molecule has 156 valence electrons. The quantitative estimate of drug-likeness (QED) is 0.475. The van der Waals surface area contributed by atoms with Crippen LogP contribution in [0, 0.1) is 11.3 Å². The van der Waals surface area contributed by atoms with Gasteiger partial charge in [0.25, 0.3) is 5.91 Å². The van der Waals surface area contributed by atoms with Crippen molar-refractivity contribution in [3.8, 4) is 17.6 Å². The largest absolute Gasteiger partial charge is 0.490 e. The second-order valence-electron chi connectivity index (χ2n) is 6.34. The molecule has 0 saturated heterocycles. The second-order valence-corrected chi connectivity index (χ2v) is 6.34. The maximum atomic E-state index is 12.6. The van der Waals surface area contributed by atoms with Crippen molar-refractivity contribution in [1.29, 1.82) is 5.26 Å². The first-order valence-electron chi connectivity index (χ1n) is 9.67. The van der Waals surface area contributed by atoms with Gasteiger partial charge in [0.15, 0.2) is 11.5 Å². The van der Waals surface area contributed by atoms with Crippen LogP contribution in [0.2, 0.25) is 0 Å². The molecule has 0 aliphatic rings. The molecule has 0 fully saturated rings. The third-order valence-corrected chi connectivity index (χ3v) is 3.89. The highest BCUT2D eigenvalue weighted by Gasteiger charge is 2.14. The molecular formula is C23H25N3O4. The van der Waals surface area contributed by atoms with Gasteiger partial charge in [-0.2, -0.15) is 5.26 Å². The molecule has 0 bridgehead atoms. The number of para-hydroxylation sites is 1. The Morgan fingerprint density at radius 3 is 2.27 bits per heavy atom. The molecule has 2 amide bonds. The summed E-state index contributed by atoms with van der Waals surface area (Å²) in [6.45, 7) is 6.23. The van der Waals surface area contributed by atoms with Crippen LogP contribution in [0.25, 0.3) is 6.08 Å². The number of hydrogen-bond donors (Lipinski definition) is 2. The summed E-state index contributed by atoms with van der Waals surface area (Å²) in [5.74, 6) is 0.331. The van der Waals surface area contributed by atoms with Gasteiger partial charge in [0.05, 0.1) is 13.2 Å². The van der Waals surface area contributed by atoms with E-state index in [1.54, 1.807) is 42.5 Å². The van der Waals surface area contributed by atoms with Gasteiger partial charge in [-0.3, -0.25) is 9.59 Å². The van der Waals surface area contributed by atoms with Crippen molar-refractivity contribution in [3.63, 3.8) is 0 Å². The van der Waals surface area contributed by atoms with E-state index in [0.29, 0.717) is 41.7 Å². The molecule has 0 heterocycles. The van der Waals surface area contributed by atoms with Crippen molar-refractivity contribution in [2.75, 3.05) is 23.8 Å². The van der Waals surface area contributed by atoms with Crippen LogP contribution in [0.4, 0.5) is 11.4 Å². The Labute approximate surface area is 176 Å². The van der Waals surface area contributed by atoms with Gasteiger partial charge in [-0.25, -0.2) is 0 Å². The van der Waals surface area contributed by atoms with Crippen molar-refractivity contribution in [1.82, 2.24) is 0 Å². The summed E-state index contributed by atoms with van der Waals surface area (Å²) >= 11 is 0. The molecule has 30 heavy (non-hydrogen) atoms. The molecule has 2 aromatic carbocycles. The Morgan fingerprint density at radius 2 is 1.70 bits per heavy atom. The van der Waals surface area contributed by atoms with E-state index in [2.05, 4.69) is 10.6 Å². The van der Waals surface area contributed by atoms with Crippen LogP contribution in [0.3, 0.4) is 0 Å². The Balaban J connectivity index is 2.26. The van der Waals surface area contributed by atoms with Crippen LogP contribution in [0.5, 0.6) is 11.5 Å². The van der Waals surface area contributed by atoms with Gasteiger partial charge in [0, 0.05) is 23.9 Å². The molecular weight excluding hydrogens is 382 g/mol. The molecule has 7 heteroatoms. The van der Waals surface area contributed by atoms with Crippen molar-refractivity contribution < 1.29 is 19.1 Å². The van der Waals surface area contributed by atoms with E-state index in [4.69, 9.17) is 9.47 Å². The first-order chi connectivity index (χ1) is 14.5. The van der Waals surface area contributed by atoms with Crippen molar-refractivity contribution in [3.05, 3.63) is 53.6 Å². The van der Waals surface area contributed by atoms with E-state index in [1.807, 2.05) is 19.9 Å². The van der Waals surface area contributed by atoms with Crippen molar-refractivity contribution >= 4 is 29.3 Å². The molecule has 0 aliphatic carbocycles. The molecule has 0 saturated carbocycles. The number of carbonyl (C=O) groups is 2. The van der Waals surface area contributed by atoms with Gasteiger partial charge in [-0.15, -0.1) is 0 Å². The fourth-order valence-corrected chi connectivity index (χ4v) is 2.62. The number of benzene rings is 2. The zero-order valence-corrected chi connectivity index (χ0v) is 17.3. The topological polar surface area (TPSA) is 100 Å². The number of nitrogens with zero attached hydrogens (tertiary/aromatic N) is 1. The minimum absolute atomic E-state index is 0.0732. The molecule has 7 nitrogen and oxygen atoms in total. The number of amides is 2. The Morgan fingerprint density at radius 1 is 1.03 bits per heavy atom. The Bertz CT molecular complexity index is 959. The standard InChI is InChI=1S/C23H25N3O4/c1-4-13-30-22-17(7-6-8-21(22)29-5-2)14-18(15-24)23(28)26-20-11-9-19(10-12-20)25-16(3)27/h6-12,14H,4-5,13H2,1-3H3,(H,25,27)(H,26,28)/b18-14+. The van der Waals surface area contributed by atoms with Gasteiger partial charge >= 0.3 is 0 Å². The number of carbonyl (C=O) groups excluding carboxylic acids is 2. The maximum absolute atomic E-state index is 12.6. The van der Waals surface area contributed by atoms with Gasteiger partial charge in [-0.05, 0) is 49.8 Å². The molecule has 0 spiro atoms.